The summed E-state index contributed by atoms with van der Waals surface area (Å²) < 4.78 is 0. The molecule has 5 nitrogen and oxygen atoms in total. The molecule has 1 unspecified atom stereocenters. The van der Waals surface area contributed by atoms with Crippen molar-refractivity contribution in [2.45, 2.75) is 57.3 Å². The van der Waals surface area contributed by atoms with Gasteiger partial charge in [-0.1, -0.05) is 50.8 Å². The number of nitrogens with zero attached hydrogens (tertiary/aromatic N) is 2. The van der Waals surface area contributed by atoms with E-state index in [1.54, 1.807) is 0 Å². The molecule has 32 heavy (non-hydrogen) atoms. The van der Waals surface area contributed by atoms with Crippen LogP contribution in [0.15, 0.2) is 61.3 Å². The third-order valence-corrected chi connectivity index (χ3v) is 6.26. The summed E-state index contributed by atoms with van der Waals surface area (Å²) in [6, 6.07) is 14.1. The highest BCUT2D eigenvalue weighted by Gasteiger charge is 2.26. The fourth-order valence-corrected chi connectivity index (χ4v) is 3.91. The van der Waals surface area contributed by atoms with Gasteiger partial charge in [-0.05, 0) is 42.2 Å². The highest BCUT2D eigenvalue weighted by atomic mass is 16.1. The number of allylic oxidation sites excluding steroid dienone is 1. The first-order valence-electron chi connectivity index (χ1n) is 11.2. The number of aromatic nitrogens is 3. The molecule has 1 N–H and O–H groups in total. The fraction of sp³-hybridized carbons (Fsp3) is 0.333. The maximum Gasteiger partial charge on any atom is 0.155 e. The van der Waals surface area contributed by atoms with E-state index in [4.69, 9.17) is 0 Å². The summed E-state index contributed by atoms with van der Waals surface area (Å²) in [5.74, 6) is 0.664. The molecule has 1 aromatic carbocycles. The second-order valence-electron chi connectivity index (χ2n) is 8.83. The fourth-order valence-electron chi connectivity index (χ4n) is 3.91. The molecular formula is C27H29N3O2. The van der Waals surface area contributed by atoms with Crippen molar-refractivity contribution >= 4 is 11.6 Å². The Bertz CT molecular complexity index is 1110. The highest BCUT2D eigenvalue weighted by molar-refractivity contribution is 5.89. The minimum Gasteiger partial charge on any atom is -0.299 e. The minimum atomic E-state index is -0.180. The number of hydrogen-bond acceptors (Lipinski definition) is 4. The Morgan fingerprint density at radius 3 is 2.47 bits per heavy atom. The van der Waals surface area contributed by atoms with Crippen molar-refractivity contribution in [2.24, 2.45) is 0 Å². The molecule has 2 aromatic heterocycles. The number of ketones is 2. The van der Waals surface area contributed by atoms with E-state index in [-0.39, 0.29) is 23.4 Å². The third-order valence-electron chi connectivity index (χ3n) is 6.26. The molecule has 1 aliphatic carbocycles. The van der Waals surface area contributed by atoms with Crippen LogP contribution < -0.4 is 0 Å². The summed E-state index contributed by atoms with van der Waals surface area (Å²) in [6.07, 6.45) is 6.39. The van der Waals surface area contributed by atoms with Gasteiger partial charge in [0.2, 0.25) is 0 Å². The van der Waals surface area contributed by atoms with E-state index in [2.05, 4.69) is 21.8 Å². The van der Waals surface area contributed by atoms with E-state index in [1.165, 1.54) is 18.9 Å². The van der Waals surface area contributed by atoms with Gasteiger partial charge in [0, 0.05) is 53.7 Å². The van der Waals surface area contributed by atoms with Crippen molar-refractivity contribution < 1.29 is 9.59 Å². The standard InChI is InChI=1S/C27H29N3O2/c1-4-24(31)13-17(2)25-12-11-22(16-28-25)20-7-5-19(6-8-20)18(3)27(32)15-23-14-26(30-29-23)21-9-10-21/h4-8,11-12,14,16-18,21H,1,9-10,13,15H2,2-3H3,(H,29,30)/t17?,18-/m0/s1. The lowest BCUT2D eigenvalue weighted by Crippen LogP contribution is -2.12. The zero-order valence-corrected chi connectivity index (χ0v) is 18.7. The van der Waals surface area contributed by atoms with Crippen LogP contribution in [-0.4, -0.2) is 26.7 Å². The van der Waals surface area contributed by atoms with Crippen LogP contribution in [0.1, 0.15) is 73.5 Å². The molecule has 3 aromatic rings. The van der Waals surface area contributed by atoms with Crippen molar-refractivity contribution in [3.63, 3.8) is 0 Å². The molecule has 164 valence electrons. The van der Waals surface area contributed by atoms with Crippen LogP contribution in [0.5, 0.6) is 0 Å². The van der Waals surface area contributed by atoms with Crippen molar-refractivity contribution in [3.8, 4) is 11.1 Å². The molecule has 0 radical (unpaired) electrons. The molecule has 5 heteroatoms. The number of rotatable bonds is 10. The van der Waals surface area contributed by atoms with Crippen LogP contribution in [0.25, 0.3) is 11.1 Å². The lowest BCUT2D eigenvalue weighted by molar-refractivity contribution is -0.119. The molecule has 0 spiro atoms. The Balaban J connectivity index is 1.38. The Kier molecular flexibility index (Phi) is 6.45. The first-order chi connectivity index (χ1) is 15.4. The first-order valence-corrected chi connectivity index (χ1v) is 11.2. The minimum absolute atomic E-state index is 0.0264. The first kappa shape index (κ1) is 21.9. The normalized spacial score (nSPS) is 15.2. The predicted molar refractivity (Wildman–Crippen MR) is 126 cm³/mol. The van der Waals surface area contributed by atoms with Gasteiger partial charge in [0.15, 0.2) is 5.78 Å². The molecule has 4 rings (SSSR count). The molecule has 2 atom stereocenters. The van der Waals surface area contributed by atoms with E-state index in [0.717, 1.165) is 33.8 Å². The molecule has 0 amide bonds. The van der Waals surface area contributed by atoms with Crippen LogP contribution in [0.4, 0.5) is 0 Å². The number of Topliss-reactive ketones (excluding diaryl/α,β-unsaturated/α-hetero) is 1. The van der Waals surface area contributed by atoms with E-state index in [9.17, 15) is 9.59 Å². The van der Waals surface area contributed by atoms with Crippen molar-refractivity contribution in [3.05, 3.63) is 84.0 Å². The van der Waals surface area contributed by atoms with Gasteiger partial charge < -0.3 is 0 Å². The Hall–Kier alpha value is -3.34. The van der Waals surface area contributed by atoms with Crippen LogP contribution >= 0.6 is 0 Å². The summed E-state index contributed by atoms with van der Waals surface area (Å²) in [5, 5.41) is 7.36. The van der Waals surface area contributed by atoms with Gasteiger partial charge in [0.1, 0.15) is 5.78 Å². The van der Waals surface area contributed by atoms with Crippen molar-refractivity contribution in [1.82, 2.24) is 15.2 Å². The number of H-pyrrole nitrogens is 1. The van der Waals surface area contributed by atoms with Gasteiger partial charge in [-0.2, -0.15) is 5.10 Å². The van der Waals surface area contributed by atoms with Crippen molar-refractivity contribution in [1.29, 1.82) is 0 Å². The molecule has 2 heterocycles. The number of carbonyl (C=O) groups is 2. The molecule has 0 bridgehead atoms. The van der Waals surface area contributed by atoms with Crippen LogP contribution in [-0.2, 0) is 16.0 Å². The zero-order chi connectivity index (χ0) is 22.7. The quantitative estimate of drug-likeness (QED) is 0.433. The van der Waals surface area contributed by atoms with Crippen LogP contribution in [0, 0.1) is 0 Å². The number of nitrogens with one attached hydrogen (secondary N) is 1. The van der Waals surface area contributed by atoms with Crippen molar-refractivity contribution in [2.75, 3.05) is 0 Å². The van der Waals surface area contributed by atoms with Gasteiger partial charge in [-0.3, -0.25) is 19.7 Å². The Morgan fingerprint density at radius 1 is 1.12 bits per heavy atom. The Labute approximate surface area is 189 Å². The summed E-state index contributed by atoms with van der Waals surface area (Å²) >= 11 is 0. The second-order valence-corrected chi connectivity index (χ2v) is 8.83. The van der Waals surface area contributed by atoms with Gasteiger partial charge in [0.25, 0.3) is 0 Å². The number of pyridine rings is 1. The van der Waals surface area contributed by atoms with E-state index in [1.807, 2.05) is 62.5 Å². The zero-order valence-electron chi connectivity index (χ0n) is 18.7. The Morgan fingerprint density at radius 2 is 1.84 bits per heavy atom. The summed E-state index contributed by atoms with van der Waals surface area (Å²) in [6.45, 7) is 7.47. The third kappa shape index (κ3) is 5.10. The second kappa shape index (κ2) is 9.43. The van der Waals surface area contributed by atoms with Gasteiger partial charge in [-0.15, -0.1) is 0 Å². The lowest BCUT2D eigenvalue weighted by Gasteiger charge is -2.12. The molecule has 0 aliphatic heterocycles. The maximum atomic E-state index is 12.8. The van der Waals surface area contributed by atoms with Gasteiger partial charge in [0.05, 0.1) is 5.69 Å². The molecular weight excluding hydrogens is 398 g/mol. The van der Waals surface area contributed by atoms with E-state index in [0.29, 0.717) is 18.8 Å². The molecule has 1 fully saturated rings. The van der Waals surface area contributed by atoms with E-state index < -0.39 is 0 Å². The number of carbonyl (C=O) groups excluding carboxylic acids is 2. The highest BCUT2D eigenvalue weighted by Crippen LogP contribution is 2.39. The number of benzene rings is 1. The molecule has 0 saturated heterocycles. The summed E-state index contributed by atoms with van der Waals surface area (Å²) in [7, 11) is 0. The monoisotopic (exact) mass is 427 g/mol. The number of aromatic amines is 1. The number of hydrogen-bond donors (Lipinski definition) is 1. The van der Waals surface area contributed by atoms with Crippen LogP contribution in [0.2, 0.25) is 0 Å². The maximum absolute atomic E-state index is 12.8. The van der Waals surface area contributed by atoms with Crippen LogP contribution in [0.3, 0.4) is 0 Å². The average molecular weight is 428 g/mol. The smallest absolute Gasteiger partial charge is 0.155 e. The SMILES string of the molecule is C=CC(=O)CC(C)c1ccc(-c2ccc([C@H](C)C(=O)Cc3cc(C4CC4)n[nH]3)cc2)cn1. The summed E-state index contributed by atoms with van der Waals surface area (Å²) in [5.41, 5.74) is 5.93. The summed E-state index contributed by atoms with van der Waals surface area (Å²) in [4.78, 5) is 28.9. The topological polar surface area (TPSA) is 75.7 Å². The molecule has 1 saturated carbocycles. The lowest BCUT2D eigenvalue weighted by atomic mass is 9.92. The largest absolute Gasteiger partial charge is 0.299 e. The molecule has 1 aliphatic rings. The average Bonchev–Trinajstić information content (AvgIpc) is 3.57. The van der Waals surface area contributed by atoms with Gasteiger partial charge >= 0.3 is 0 Å². The predicted octanol–water partition coefficient (Wildman–Crippen LogP) is 5.51. The van der Waals surface area contributed by atoms with Gasteiger partial charge in [-0.25, -0.2) is 0 Å². The van der Waals surface area contributed by atoms with E-state index >= 15 is 0 Å².